The van der Waals surface area contributed by atoms with E-state index in [-0.39, 0.29) is 12.3 Å². The van der Waals surface area contributed by atoms with Crippen molar-refractivity contribution in [1.29, 1.82) is 0 Å². The van der Waals surface area contributed by atoms with E-state index in [2.05, 4.69) is 142 Å². The summed E-state index contributed by atoms with van der Waals surface area (Å²) in [6, 6.07) is 34.6. The molecule has 5 aromatic carbocycles. The first kappa shape index (κ1) is 26.2. The summed E-state index contributed by atoms with van der Waals surface area (Å²) in [4.78, 5) is 5.23. The first-order chi connectivity index (χ1) is 22.2. The molecule has 2 aliphatic heterocycles. The Hall–Kier alpha value is -5.09. The van der Waals surface area contributed by atoms with Crippen LogP contribution in [-0.4, -0.2) is 20.9 Å². The van der Waals surface area contributed by atoms with Crippen LogP contribution in [0.15, 0.2) is 97.2 Å². The molecule has 8 aromatic rings. The molecular formula is C42H34BN3. The number of hydrogen-bond acceptors (Lipinski definition) is 1. The van der Waals surface area contributed by atoms with Crippen LogP contribution in [0, 0.1) is 20.8 Å². The molecule has 0 radical (unpaired) electrons. The molecule has 0 amide bonds. The molecule has 4 heteroatoms. The van der Waals surface area contributed by atoms with E-state index >= 15 is 0 Å². The zero-order valence-electron chi connectivity index (χ0n) is 27.2. The Bertz CT molecular complexity index is 2640. The molecule has 0 N–H and O–H groups in total. The van der Waals surface area contributed by atoms with E-state index in [1.165, 1.54) is 99.2 Å². The molecule has 0 fully saturated rings. The highest BCUT2D eigenvalue weighted by Crippen LogP contribution is 2.45. The molecule has 0 bridgehead atoms. The minimum atomic E-state index is -0.0500. The number of rotatable bonds is 1. The number of nitrogens with zero attached hydrogens (tertiary/aromatic N) is 3. The topological polar surface area (TPSA) is 22.8 Å². The molecule has 0 spiro atoms. The van der Waals surface area contributed by atoms with Crippen LogP contribution in [0.1, 0.15) is 43.0 Å². The Labute approximate surface area is 269 Å². The van der Waals surface area contributed by atoms with Gasteiger partial charge in [0.1, 0.15) is 0 Å². The summed E-state index contributed by atoms with van der Waals surface area (Å²) in [5, 5.41) is 5.19. The maximum Gasteiger partial charge on any atom is 0.333 e. The number of hydrogen-bond donors (Lipinski definition) is 0. The van der Waals surface area contributed by atoms with Gasteiger partial charge in [-0.1, -0.05) is 87.0 Å². The Morgan fingerprint density at radius 3 is 2.22 bits per heavy atom. The monoisotopic (exact) mass is 591 g/mol. The van der Waals surface area contributed by atoms with E-state index in [1.807, 2.05) is 6.20 Å². The highest BCUT2D eigenvalue weighted by molar-refractivity contribution is 6.90. The fraction of sp³-hybridized carbons (Fsp3) is 0.167. The standard InChI is InChI=1S/C42H34BN3/c1-23-20-24(2)36(25(3)21-23)26-14-16-34-30(22-26)29-18-19-44-39-37-31(42(4,5)6)15-17-35-38(37)43(46(34)41(29)39)32-12-9-11-28-27-10-7-8-13-33(27)45(35)40(28)32/h7-22H,1-6H3. The number of benzene rings is 5. The summed E-state index contributed by atoms with van der Waals surface area (Å²) in [5.74, 6) is 0. The highest BCUT2D eigenvalue weighted by Gasteiger charge is 2.43. The minimum Gasteiger partial charge on any atom is -0.374 e. The van der Waals surface area contributed by atoms with Crippen molar-refractivity contribution in [2.24, 2.45) is 0 Å². The zero-order chi connectivity index (χ0) is 31.2. The molecule has 10 rings (SSSR count). The van der Waals surface area contributed by atoms with Crippen LogP contribution in [-0.2, 0) is 5.41 Å². The third kappa shape index (κ3) is 3.12. The molecule has 0 saturated carbocycles. The van der Waals surface area contributed by atoms with Crippen molar-refractivity contribution < 1.29 is 0 Å². The van der Waals surface area contributed by atoms with Crippen molar-refractivity contribution >= 4 is 61.4 Å². The van der Waals surface area contributed by atoms with Gasteiger partial charge >= 0.3 is 6.85 Å². The van der Waals surface area contributed by atoms with E-state index in [4.69, 9.17) is 4.98 Å². The van der Waals surface area contributed by atoms with Crippen LogP contribution < -0.4 is 10.9 Å². The fourth-order valence-electron chi connectivity index (χ4n) is 9.14. The van der Waals surface area contributed by atoms with Gasteiger partial charge in [0.25, 0.3) is 0 Å². The van der Waals surface area contributed by atoms with E-state index in [9.17, 15) is 0 Å². The lowest BCUT2D eigenvalue weighted by molar-refractivity contribution is 0.592. The largest absolute Gasteiger partial charge is 0.374 e. The fourth-order valence-corrected chi connectivity index (χ4v) is 9.14. The van der Waals surface area contributed by atoms with Crippen LogP contribution in [0.3, 0.4) is 0 Å². The minimum absolute atomic E-state index is 0.0400. The molecule has 0 unspecified atom stereocenters. The molecule has 2 aliphatic rings. The molecule has 46 heavy (non-hydrogen) atoms. The Morgan fingerprint density at radius 2 is 1.41 bits per heavy atom. The van der Waals surface area contributed by atoms with E-state index in [0.717, 1.165) is 5.69 Å². The normalized spacial score (nSPS) is 13.4. The third-order valence-electron chi connectivity index (χ3n) is 10.7. The number of pyridine rings is 1. The van der Waals surface area contributed by atoms with Crippen molar-refractivity contribution in [3.8, 4) is 28.1 Å². The average molecular weight is 592 g/mol. The highest BCUT2D eigenvalue weighted by atomic mass is 15.0. The van der Waals surface area contributed by atoms with E-state index < -0.39 is 0 Å². The van der Waals surface area contributed by atoms with Gasteiger partial charge in [0, 0.05) is 44.5 Å². The molecule has 220 valence electrons. The number of fused-ring (bicyclic) bond motifs is 10. The van der Waals surface area contributed by atoms with Gasteiger partial charge in [0.2, 0.25) is 0 Å². The van der Waals surface area contributed by atoms with Crippen molar-refractivity contribution in [3.63, 3.8) is 0 Å². The number of aromatic nitrogens is 3. The quantitative estimate of drug-likeness (QED) is 0.175. The molecule has 0 atom stereocenters. The molecule has 0 saturated heterocycles. The molecule has 5 heterocycles. The smallest absolute Gasteiger partial charge is 0.333 e. The summed E-state index contributed by atoms with van der Waals surface area (Å²) in [6.45, 7) is 13.7. The number of aryl methyl sites for hydroxylation is 3. The second kappa shape index (κ2) is 8.58. The maximum atomic E-state index is 5.23. The van der Waals surface area contributed by atoms with Crippen LogP contribution in [0.4, 0.5) is 0 Å². The van der Waals surface area contributed by atoms with Gasteiger partial charge in [-0.25, -0.2) is 0 Å². The number of para-hydroxylation sites is 2. The lowest BCUT2D eigenvalue weighted by Crippen LogP contribution is -2.55. The predicted octanol–water partition coefficient (Wildman–Crippen LogP) is 9.12. The van der Waals surface area contributed by atoms with Crippen molar-refractivity contribution in [2.75, 3.05) is 0 Å². The first-order valence-corrected chi connectivity index (χ1v) is 16.4. The van der Waals surface area contributed by atoms with Crippen LogP contribution >= 0.6 is 0 Å². The third-order valence-corrected chi connectivity index (χ3v) is 10.7. The summed E-state index contributed by atoms with van der Waals surface area (Å²) < 4.78 is 5.15. The van der Waals surface area contributed by atoms with Crippen LogP contribution in [0.25, 0.3) is 71.7 Å². The van der Waals surface area contributed by atoms with Gasteiger partial charge in [-0.15, -0.1) is 0 Å². The lowest BCUT2D eigenvalue weighted by Gasteiger charge is -2.36. The summed E-state index contributed by atoms with van der Waals surface area (Å²) in [7, 11) is 0. The van der Waals surface area contributed by atoms with Gasteiger partial charge in [0.05, 0.1) is 22.2 Å². The van der Waals surface area contributed by atoms with Crippen molar-refractivity contribution in [2.45, 2.75) is 47.0 Å². The Balaban J connectivity index is 1.40. The van der Waals surface area contributed by atoms with Crippen LogP contribution in [0.2, 0.25) is 0 Å². The summed E-state index contributed by atoms with van der Waals surface area (Å²) in [6.07, 6.45) is 2.03. The lowest BCUT2D eigenvalue weighted by atomic mass is 9.45. The second-order valence-corrected chi connectivity index (χ2v) is 14.6. The molecular weight excluding hydrogens is 557 g/mol. The maximum absolute atomic E-state index is 5.23. The van der Waals surface area contributed by atoms with E-state index in [1.54, 1.807) is 0 Å². The van der Waals surface area contributed by atoms with Gasteiger partial charge in [-0.3, -0.25) is 4.98 Å². The summed E-state index contributed by atoms with van der Waals surface area (Å²) in [5.41, 5.74) is 19.4. The second-order valence-electron chi connectivity index (χ2n) is 14.6. The van der Waals surface area contributed by atoms with Gasteiger partial charge in [-0.2, -0.15) is 0 Å². The Morgan fingerprint density at radius 1 is 0.652 bits per heavy atom. The predicted molar refractivity (Wildman–Crippen MR) is 196 cm³/mol. The van der Waals surface area contributed by atoms with Crippen molar-refractivity contribution in [3.05, 3.63) is 119 Å². The Kier molecular flexibility index (Phi) is 4.88. The van der Waals surface area contributed by atoms with Crippen molar-refractivity contribution in [1.82, 2.24) is 14.0 Å². The van der Waals surface area contributed by atoms with Gasteiger partial charge < -0.3 is 9.05 Å². The van der Waals surface area contributed by atoms with E-state index in [0.29, 0.717) is 0 Å². The average Bonchev–Trinajstić information content (AvgIpc) is 3.54. The molecule has 3 nitrogen and oxygen atoms in total. The first-order valence-electron chi connectivity index (χ1n) is 16.4. The SMILES string of the molecule is Cc1cc(C)c(-c2ccc3c(c2)c2ccnc4c2n3B2c3c(ccc(C(C)(C)C)c3-4)-n3c4ccccc4c4cccc2c43)c(C)c1. The van der Waals surface area contributed by atoms with Crippen LogP contribution in [0.5, 0.6) is 0 Å². The summed E-state index contributed by atoms with van der Waals surface area (Å²) >= 11 is 0. The molecule has 0 aliphatic carbocycles. The zero-order valence-corrected chi connectivity index (χ0v) is 27.2. The molecule has 3 aromatic heterocycles. The van der Waals surface area contributed by atoms with Gasteiger partial charge in [0.15, 0.2) is 0 Å². The van der Waals surface area contributed by atoms with Gasteiger partial charge in [-0.05, 0) is 95.3 Å².